The third-order valence-corrected chi connectivity index (χ3v) is 2.33. The molecule has 0 heterocycles. The Kier molecular flexibility index (Phi) is 3.31. The van der Waals surface area contributed by atoms with Crippen molar-refractivity contribution < 1.29 is 18.7 Å². The highest BCUT2D eigenvalue weighted by Gasteiger charge is 2.51. The molecule has 15 heavy (non-hydrogen) atoms. The van der Waals surface area contributed by atoms with Crippen LogP contribution < -0.4 is 10.2 Å². The van der Waals surface area contributed by atoms with E-state index in [2.05, 4.69) is 10.0 Å². The maximum absolute atomic E-state index is 13.3. The van der Waals surface area contributed by atoms with Gasteiger partial charge in [-0.25, -0.2) is 13.6 Å². The molecule has 6 nitrogen and oxygen atoms in total. The van der Waals surface area contributed by atoms with Gasteiger partial charge >= 0.3 is 6.09 Å². The molecule has 0 aromatic rings. The summed E-state index contributed by atoms with van der Waals surface area (Å²) in [5.74, 6) is -3.10. The molecule has 0 aromatic heterocycles. The number of nitrogens with zero attached hydrogens (tertiary/aromatic N) is 2. The Morgan fingerprint density at radius 3 is 2.87 bits per heavy atom. The minimum Gasteiger partial charge on any atom is -0.465 e. The zero-order valence-corrected chi connectivity index (χ0v) is 7.78. The summed E-state index contributed by atoms with van der Waals surface area (Å²) in [6.07, 6.45) is -1.22. The molecule has 1 aliphatic carbocycles. The third kappa shape index (κ3) is 2.69. The second kappa shape index (κ2) is 4.31. The summed E-state index contributed by atoms with van der Waals surface area (Å²) < 4.78 is 26.6. The summed E-state index contributed by atoms with van der Waals surface area (Å²) in [4.78, 5) is 12.9. The van der Waals surface area contributed by atoms with Gasteiger partial charge in [-0.3, -0.25) is 0 Å². The van der Waals surface area contributed by atoms with Crippen molar-refractivity contribution in [2.75, 3.05) is 0 Å². The lowest BCUT2D eigenvalue weighted by molar-refractivity contribution is -0.0633. The lowest BCUT2D eigenvalue weighted by Crippen LogP contribution is -2.53. The van der Waals surface area contributed by atoms with Crippen LogP contribution in [0.15, 0.2) is 5.11 Å². The Labute approximate surface area is 83.9 Å². The van der Waals surface area contributed by atoms with Crippen LogP contribution in [-0.2, 0) is 0 Å². The van der Waals surface area contributed by atoms with Gasteiger partial charge in [-0.05, 0) is 12.8 Å². The Bertz CT molecular complexity index is 303. The van der Waals surface area contributed by atoms with Gasteiger partial charge in [0.1, 0.15) is 10.6 Å². The van der Waals surface area contributed by atoms with E-state index in [1.807, 2.05) is 5.32 Å². The lowest BCUT2D eigenvalue weighted by atomic mass is 9.87. The molecule has 1 fully saturated rings. The number of halogens is 2. The Morgan fingerprint density at radius 1 is 1.67 bits per heavy atom. The number of carboxylic acid groups (broad SMARTS) is 1. The van der Waals surface area contributed by atoms with Crippen LogP contribution in [0.25, 0.3) is 0 Å². The summed E-state index contributed by atoms with van der Waals surface area (Å²) in [6.45, 7) is 0. The van der Waals surface area contributed by atoms with Crippen LogP contribution in [0.2, 0.25) is 0 Å². The topological polar surface area (TPSA) is 99.6 Å². The Morgan fingerprint density at radius 2 is 2.33 bits per heavy atom. The monoisotopic (exact) mass is 221 g/mol. The van der Waals surface area contributed by atoms with E-state index in [0.717, 1.165) is 0 Å². The van der Waals surface area contributed by atoms with Crippen molar-refractivity contribution in [3.63, 3.8) is 0 Å². The third-order valence-electron chi connectivity index (χ3n) is 2.33. The molecular weight excluding hydrogens is 210 g/mol. The van der Waals surface area contributed by atoms with Crippen LogP contribution in [-0.4, -0.2) is 29.2 Å². The molecule has 1 amide bonds. The number of amides is 1. The van der Waals surface area contributed by atoms with Gasteiger partial charge < -0.3 is 10.4 Å². The fourth-order valence-corrected chi connectivity index (χ4v) is 1.69. The quantitative estimate of drug-likeness (QED) is 0.484. The van der Waals surface area contributed by atoms with Crippen LogP contribution >= 0.6 is 0 Å². The highest BCUT2D eigenvalue weighted by atomic mass is 19.3. The number of nitrogens with one attached hydrogen (secondary N) is 2. The van der Waals surface area contributed by atoms with Crippen LogP contribution in [0.1, 0.15) is 19.3 Å². The van der Waals surface area contributed by atoms with Gasteiger partial charge in [0.25, 0.3) is 5.92 Å². The summed E-state index contributed by atoms with van der Waals surface area (Å²) >= 11 is 0. The first-order valence-corrected chi connectivity index (χ1v) is 4.41. The van der Waals surface area contributed by atoms with Crippen molar-refractivity contribution >= 4 is 6.09 Å². The summed E-state index contributed by atoms with van der Waals surface area (Å²) in [5.41, 5.74) is 6.44. The van der Waals surface area contributed by atoms with Crippen molar-refractivity contribution in [1.29, 1.82) is 5.53 Å². The van der Waals surface area contributed by atoms with Crippen LogP contribution in [0.4, 0.5) is 13.6 Å². The first-order valence-electron chi connectivity index (χ1n) is 4.41. The smallest absolute Gasteiger partial charge is 0.404 e. The average Bonchev–Trinajstić information content (AvgIpc) is 2.10. The largest absolute Gasteiger partial charge is 0.465 e. The molecule has 1 rings (SSSR count). The van der Waals surface area contributed by atoms with Gasteiger partial charge in [0.2, 0.25) is 11.0 Å². The molecular formula is C7H11F2N4O2+. The van der Waals surface area contributed by atoms with Crippen molar-refractivity contribution in [3.8, 4) is 0 Å². The van der Waals surface area contributed by atoms with Gasteiger partial charge in [-0.1, -0.05) is 0 Å². The minimum atomic E-state index is -3.10. The van der Waals surface area contributed by atoms with Gasteiger partial charge in [0.05, 0.1) is 6.04 Å². The standard InChI is InChI=1S/C7H10F2N4O2/c8-7(9)3-1-2-4(11-6(14)15)5(7)12-13-10/h4-5,10-11H,1-3H2/p+1/t4-,5-/m1/s1. The number of carbonyl (C=O) groups is 1. The first kappa shape index (κ1) is 11.5. The van der Waals surface area contributed by atoms with Crippen molar-refractivity contribution in [1.82, 2.24) is 10.2 Å². The fraction of sp³-hybridized carbons (Fsp3) is 0.857. The highest BCUT2D eigenvalue weighted by Crippen LogP contribution is 2.35. The maximum Gasteiger partial charge on any atom is 0.404 e. The number of alkyl halides is 2. The second-order valence-corrected chi connectivity index (χ2v) is 3.37. The first-order chi connectivity index (χ1) is 6.97. The second-order valence-electron chi connectivity index (χ2n) is 3.37. The molecule has 1 saturated carbocycles. The van der Waals surface area contributed by atoms with E-state index in [4.69, 9.17) is 10.6 Å². The van der Waals surface area contributed by atoms with E-state index in [9.17, 15) is 13.6 Å². The molecule has 84 valence electrons. The molecule has 0 unspecified atom stereocenters. The van der Waals surface area contributed by atoms with E-state index in [1.165, 1.54) is 0 Å². The minimum absolute atomic E-state index is 0.224. The average molecular weight is 221 g/mol. The zero-order chi connectivity index (χ0) is 11.5. The van der Waals surface area contributed by atoms with Crippen molar-refractivity contribution in [3.05, 3.63) is 0 Å². The van der Waals surface area contributed by atoms with E-state index >= 15 is 0 Å². The number of hydrogen-bond donors (Lipinski definition) is 3. The van der Waals surface area contributed by atoms with E-state index in [1.54, 1.807) is 0 Å². The molecule has 0 aromatic carbocycles. The van der Waals surface area contributed by atoms with Crippen LogP contribution in [0.3, 0.4) is 0 Å². The molecule has 3 N–H and O–H groups in total. The van der Waals surface area contributed by atoms with E-state index in [0.29, 0.717) is 0 Å². The van der Waals surface area contributed by atoms with E-state index < -0.39 is 24.1 Å². The number of rotatable bonds is 2. The van der Waals surface area contributed by atoms with Gasteiger partial charge in [-0.15, -0.1) is 0 Å². The molecule has 2 atom stereocenters. The van der Waals surface area contributed by atoms with Gasteiger partial charge in [0, 0.05) is 6.42 Å². The zero-order valence-electron chi connectivity index (χ0n) is 7.78. The maximum atomic E-state index is 13.3. The van der Waals surface area contributed by atoms with Crippen molar-refractivity contribution in [2.45, 2.75) is 37.3 Å². The molecule has 0 aliphatic heterocycles. The predicted octanol–water partition coefficient (Wildman–Crippen LogP) is 1.36. The van der Waals surface area contributed by atoms with Crippen molar-refractivity contribution in [2.24, 2.45) is 5.11 Å². The molecule has 0 radical (unpaired) electrons. The summed E-state index contributed by atoms with van der Waals surface area (Å²) in [5, 5.41) is 13.5. The predicted molar refractivity (Wildman–Crippen MR) is 44.8 cm³/mol. The molecule has 1 aliphatic rings. The fourth-order valence-electron chi connectivity index (χ4n) is 1.69. The summed E-state index contributed by atoms with van der Waals surface area (Å²) in [6, 6.07) is -2.54. The molecule has 0 spiro atoms. The molecule has 0 bridgehead atoms. The van der Waals surface area contributed by atoms with Gasteiger partial charge in [0.15, 0.2) is 0 Å². The van der Waals surface area contributed by atoms with E-state index in [-0.39, 0.29) is 19.3 Å². The number of hydrogen-bond acceptors (Lipinski definition) is 3. The van der Waals surface area contributed by atoms with Crippen LogP contribution in [0, 0.1) is 5.53 Å². The lowest BCUT2D eigenvalue weighted by Gasteiger charge is -2.31. The van der Waals surface area contributed by atoms with Gasteiger partial charge in [-0.2, -0.15) is 0 Å². The molecule has 0 saturated heterocycles. The van der Waals surface area contributed by atoms with Crippen LogP contribution in [0.5, 0.6) is 0 Å². The normalized spacial score (nSPS) is 28.9. The SMILES string of the molecule is N=[N+]=N[C@@H]1[C@H](NC(=O)O)CCCC1(F)F. The highest BCUT2D eigenvalue weighted by molar-refractivity contribution is 5.65. The summed E-state index contributed by atoms with van der Waals surface area (Å²) in [7, 11) is 0. The Balaban J connectivity index is 2.84. The molecule has 8 heteroatoms. The Hall–Kier alpha value is -1.56.